The van der Waals surface area contributed by atoms with E-state index in [9.17, 15) is 4.79 Å². The van der Waals surface area contributed by atoms with Gasteiger partial charge in [-0.05, 0) is 24.4 Å². The highest BCUT2D eigenvalue weighted by atomic mass is 35.5. The number of pyridine rings is 1. The Morgan fingerprint density at radius 2 is 1.63 bits per heavy atom. The largest absolute Gasteiger partial charge is 0.497 e. The first-order chi connectivity index (χ1) is 14.5. The maximum absolute atomic E-state index is 13.0. The zero-order valence-corrected chi connectivity index (χ0v) is 18.4. The smallest absolute Gasteiger partial charge is 0.185 e. The van der Waals surface area contributed by atoms with Crippen LogP contribution < -0.4 is 14.9 Å². The summed E-state index contributed by atoms with van der Waals surface area (Å²) in [6, 6.07) is 18.8. The predicted octanol–water partition coefficient (Wildman–Crippen LogP) is 6.21. The lowest BCUT2D eigenvalue weighted by Crippen LogP contribution is -2.15. The topological polar surface area (TPSA) is 40.5 Å². The summed E-state index contributed by atoms with van der Waals surface area (Å²) >= 11 is 8.15. The van der Waals surface area contributed by atoms with Gasteiger partial charge in [0, 0.05) is 40.4 Å². The second kappa shape index (κ2) is 8.38. The van der Waals surface area contributed by atoms with Crippen LogP contribution in [0.2, 0.25) is 5.02 Å². The molecule has 4 nitrogen and oxygen atoms in total. The van der Waals surface area contributed by atoms with Crippen LogP contribution in [0.15, 0.2) is 70.8 Å². The number of hydrogen-bond donors (Lipinski definition) is 0. The SMILES string of the molecule is COc1cc(OC)cc(-n2c(-c3cccs3)cc(=O)c(C)c2-c2ccccc2Cl)c1. The molecule has 2 heterocycles. The zero-order valence-electron chi connectivity index (χ0n) is 16.8. The predicted molar refractivity (Wildman–Crippen MR) is 124 cm³/mol. The molecule has 0 amide bonds. The Balaban J connectivity index is 2.17. The van der Waals surface area contributed by atoms with Crippen LogP contribution in [0.25, 0.3) is 27.5 Å². The summed E-state index contributed by atoms with van der Waals surface area (Å²) < 4.78 is 13.0. The molecule has 0 fully saturated rings. The molecule has 0 unspecified atom stereocenters. The van der Waals surface area contributed by atoms with Gasteiger partial charge in [-0.25, -0.2) is 0 Å². The van der Waals surface area contributed by atoms with Gasteiger partial charge in [-0.2, -0.15) is 0 Å². The number of thiophene rings is 1. The summed E-state index contributed by atoms with van der Waals surface area (Å²) in [5.41, 5.74) is 3.70. The molecule has 0 radical (unpaired) electrons. The van der Waals surface area contributed by atoms with Crippen molar-refractivity contribution in [2.24, 2.45) is 0 Å². The minimum absolute atomic E-state index is 0.0422. The van der Waals surface area contributed by atoms with Crippen LogP contribution in [0.3, 0.4) is 0 Å². The molecule has 2 aromatic heterocycles. The maximum atomic E-state index is 13.0. The zero-order chi connectivity index (χ0) is 21.3. The van der Waals surface area contributed by atoms with Gasteiger partial charge in [-0.3, -0.25) is 4.79 Å². The Labute approximate surface area is 183 Å². The van der Waals surface area contributed by atoms with E-state index in [-0.39, 0.29) is 5.43 Å². The Morgan fingerprint density at radius 3 is 2.23 bits per heavy atom. The summed E-state index contributed by atoms with van der Waals surface area (Å²) in [6.45, 7) is 1.83. The van der Waals surface area contributed by atoms with Crippen LogP contribution in [-0.2, 0) is 0 Å². The third-order valence-corrected chi connectivity index (χ3v) is 6.18. The first-order valence-corrected chi connectivity index (χ1v) is 10.6. The van der Waals surface area contributed by atoms with Gasteiger partial charge in [0.2, 0.25) is 0 Å². The van der Waals surface area contributed by atoms with Gasteiger partial charge in [0.1, 0.15) is 11.5 Å². The van der Waals surface area contributed by atoms with E-state index in [0.717, 1.165) is 27.5 Å². The van der Waals surface area contributed by atoms with Gasteiger partial charge in [0.05, 0.1) is 36.2 Å². The molecule has 0 aliphatic heterocycles. The lowest BCUT2D eigenvalue weighted by Gasteiger charge is -2.22. The number of rotatable bonds is 5. The lowest BCUT2D eigenvalue weighted by atomic mass is 10.0. The van der Waals surface area contributed by atoms with E-state index in [2.05, 4.69) is 4.57 Å². The van der Waals surface area contributed by atoms with Crippen LogP contribution in [0.1, 0.15) is 5.56 Å². The number of hydrogen-bond acceptors (Lipinski definition) is 4. The highest BCUT2D eigenvalue weighted by Crippen LogP contribution is 2.37. The van der Waals surface area contributed by atoms with E-state index in [4.69, 9.17) is 21.1 Å². The minimum atomic E-state index is -0.0422. The number of nitrogens with zero attached hydrogens (tertiary/aromatic N) is 1. The first kappa shape index (κ1) is 20.3. The average Bonchev–Trinajstić information content (AvgIpc) is 3.30. The van der Waals surface area contributed by atoms with Gasteiger partial charge in [0.25, 0.3) is 0 Å². The summed E-state index contributed by atoms with van der Waals surface area (Å²) in [4.78, 5) is 13.9. The normalized spacial score (nSPS) is 10.8. The molecule has 0 saturated carbocycles. The van der Waals surface area contributed by atoms with Crippen molar-refractivity contribution in [1.82, 2.24) is 4.57 Å². The van der Waals surface area contributed by atoms with Crippen LogP contribution in [-0.4, -0.2) is 18.8 Å². The standard InChI is InChI=1S/C24H20ClNO3S/c1-15-22(27)14-21(23-9-6-10-30-23)26(24(15)19-7-4-5-8-20(19)25)16-11-17(28-2)13-18(12-16)29-3/h4-14H,1-3H3. The van der Waals surface area contributed by atoms with Gasteiger partial charge in [0.15, 0.2) is 5.43 Å². The first-order valence-electron chi connectivity index (χ1n) is 9.32. The Kier molecular flexibility index (Phi) is 5.66. The molecular weight excluding hydrogens is 418 g/mol. The molecule has 0 atom stereocenters. The number of benzene rings is 2. The summed E-state index contributed by atoms with van der Waals surface area (Å²) in [5, 5.41) is 2.57. The number of methoxy groups -OCH3 is 2. The van der Waals surface area contributed by atoms with E-state index in [1.165, 1.54) is 0 Å². The van der Waals surface area contributed by atoms with Crippen molar-refractivity contribution in [3.05, 3.63) is 86.9 Å². The van der Waals surface area contributed by atoms with Gasteiger partial charge in [-0.15, -0.1) is 11.3 Å². The van der Waals surface area contributed by atoms with Crippen molar-refractivity contribution < 1.29 is 9.47 Å². The molecule has 2 aromatic carbocycles. The Morgan fingerprint density at radius 1 is 0.933 bits per heavy atom. The molecule has 0 aliphatic rings. The fraction of sp³-hybridized carbons (Fsp3) is 0.125. The number of ether oxygens (including phenoxy) is 2. The third-order valence-electron chi connectivity index (χ3n) is 4.95. The molecule has 4 rings (SSSR count). The van der Waals surface area contributed by atoms with E-state index >= 15 is 0 Å². The maximum Gasteiger partial charge on any atom is 0.185 e. The van der Waals surface area contributed by atoms with Gasteiger partial charge >= 0.3 is 0 Å². The number of halogens is 1. The molecule has 30 heavy (non-hydrogen) atoms. The van der Waals surface area contributed by atoms with Crippen molar-refractivity contribution in [3.8, 4) is 39.0 Å². The van der Waals surface area contributed by atoms with Crippen molar-refractivity contribution in [2.45, 2.75) is 6.92 Å². The summed E-state index contributed by atoms with van der Waals surface area (Å²) in [5.74, 6) is 1.31. The Bertz CT molecular complexity index is 1240. The molecule has 0 aliphatic carbocycles. The van der Waals surface area contributed by atoms with Gasteiger partial charge in [-0.1, -0.05) is 35.9 Å². The van der Waals surface area contributed by atoms with E-state index in [0.29, 0.717) is 22.1 Å². The molecule has 6 heteroatoms. The van der Waals surface area contributed by atoms with Crippen LogP contribution in [0, 0.1) is 6.92 Å². The third kappa shape index (κ3) is 3.62. The fourth-order valence-corrected chi connectivity index (χ4v) is 4.43. The highest BCUT2D eigenvalue weighted by Gasteiger charge is 2.20. The van der Waals surface area contributed by atoms with E-state index in [1.807, 2.05) is 66.9 Å². The van der Waals surface area contributed by atoms with Crippen molar-refractivity contribution in [1.29, 1.82) is 0 Å². The molecule has 4 aromatic rings. The molecule has 0 spiro atoms. The highest BCUT2D eigenvalue weighted by molar-refractivity contribution is 7.13. The second-order valence-electron chi connectivity index (χ2n) is 6.73. The number of aromatic nitrogens is 1. The molecular formula is C24H20ClNO3S. The van der Waals surface area contributed by atoms with E-state index < -0.39 is 0 Å². The monoisotopic (exact) mass is 437 g/mol. The average molecular weight is 438 g/mol. The van der Waals surface area contributed by atoms with Crippen molar-refractivity contribution in [3.63, 3.8) is 0 Å². The molecule has 152 valence electrons. The molecule has 0 saturated heterocycles. The lowest BCUT2D eigenvalue weighted by molar-refractivity contribution is 0.394. The van der Waals surface area contributed by atoms with Gasteiger partial charge < -0.3 is 14.0 Å². The quantitative estimate of drug-likeness (QED) is 0.372. The van der Waals surface area contributed by atoms with Crippen molar-refractivity contribution in [2.75, 3.05) is 14.2 Å². The van der Waals surface area contributed by atoms with Crippen molar-refractivity contribution >= 4 is 22.9 Å². The summed E-state index contributed by atoms with van der Waals surface area (Å²) in [7, 11) is 3.23. The molecule has 0 N–H and O–H groups in total. The summed E-state index contributed by atoms with van der Waals surface area (Å²) in [6.07, 6.45) is 0. The Hall–Kier alpha value is -3.02. The minimum Gasteiger partial charge on any atom is -0.497 e. The van der Waals surface area contributed by atoms with Crippen LogP contribution in [0.5, 0.6) is 11.5 Å². The fourth-order valence-electron chi connectivity index (χ4n) is 3.47. The van der Waals surface area contributed by atoms with Crippen LogP contribution in [0.4, 0.5) is 0 Å². The molecule has 0 bridgehead atoms. The van der Waals surface area contributed by atoms with Crippen LogP contribution >= 0.6 is 22.9 Å². The van der Waals surface area contributed by atoms with E-state index in [1.54, 1.807) is 31.6 Å². The second-order valence-corrected chi connectivity index (χ2v) is 8.09.